The highest BCUT2D eigenvalue weighted by Crippen LogP contribution is 2.33. The molecule has 3 heteroatoms. The fourth-order valence-electron chi connectivity index (χ4n) is 2.66. The SMILES string of the molecule is C=CCC1C(=O)CC(O)C1C=C[C@H](O)CCCCC. The third-order valence-electron chi connectivity index (χ3n) is 3.81. The highest BCUT2D eigenvalue weighted by Gasteiger charge is 2.38. The second-order valence-electron chi connectivity index (χ2n) is 5.39. The number of hydrogen-bond acceptors (Lipinski definition) is 3. The Morgan fingerprint density at radius 2 is 2.21 bits per heavy atom. The molecule has 3 unspecified atom stereocenters. The number of aliphatic hydroxyl groups excluding tert-OH is 2. The Labute approximate surface area is 116 Å². The summed E-state index contributed by atoms with van der Waals surface area (Å²) in [6.45, 7) is 5.78. The molecular weight excluding hydrogens is 240 g/mol. The predicted molar refractivity (Wildman–Crippen MR) is 76.7 cm³/mol. The molecule has 3 nitrogen and oxygen atoms in total. The van der Waals surface area contributed by atoms with E-state index in [1.165, 1.54) is 0 Å². The molecule has 0 bridgehead atoms. The van der Waals surface area contributed by atoms with Gasteiger partial charge in [0.1, 0.15) is 5.78 Å². The molecule has 0 spiro atoms. The second kappa shape index (κ2) is 8.28. The number of Topliss-reactive ketones (excluding diaryl/α,β-unsaturated/α-hetero) is 1. The number of allylic oxidation sites excluding steroid dienone is 1. The average molecular weight is 266 g/mol. The quantitative estimate of drug-likeness (QED) is 0.524. The molecule has 0 heterocycles. The van der Waals surface area contributed by atoms with Crippen molar-refractivity contribution < 1.29 is 15.0 Å². The Bertz CT molecular complexity index is 322. The lowest BCUT2D eigenvalue weighted by Gasteiger charge is -2.16. The van der Waals surface area contributed by atoms with Crippen LogP contribution in [-0.4, -0.2) is 28.2 Å². The molecule has 0 amide bonds. The van der Waals surface area contributed by atoms with Crippen molar-refractivity contribution in [3.05, 3.63) is 24.8 Å². The van der Waals surface area contributed by atoms with Crippen LogP contribution in [-0.2, 0) is 4.79 Å². The molecule has 1 rings (SSSR count). The molecular formula is C16H26O3. The zero-order valence-electron chi connectivity index (χ0n) is 11.8. The topological polar surface area (TPSA) is 57.5 Å². The largest absolute Gasteiger partial charge is 0.392 e. The number of aliphatic hydroxyl groups is 2. The maximum atomic E-state index is 11.7. The van der Waals surface area contributed by atoms with Crippen LogP contribution in [0.4, 0.5) is 0 Å². The molecule has 0 aromatic heterocycles. The number of carbonyl (C=O) groups excluding carboxylic acids is 1. The maximum absolute atomic E-state index is 11.7. The Balaban J connectivity index is 2.52. The highest BCUT2D eigenvalue weighted by molar-refractivity contribution is 5.84. The summed E-state index contributed by atoms with van der Waals surface area (Å²) in [7, 11) is 0. The fraction of sp³-hybridized carbons (Fsp3) is 0.688. The molecule has 0 aromatic carbocycles. The van der Waals surface area contributed by atoms with E-state index in [0.717, 1.165) is 25.7 Å². The first kappa shape index (κ1) is 16.1. The van der Waals surface area contributed by atoms with Gasteiger partial charge in [0.15, 0.2) is 0 Å². The van der Waals surface area contributed by atoms with E-state index in [2.05, 4.69) is 13.5 Å². The van der Waals surface area contributed by atoms with Crippen molar-refractivity contribution in [3.63, 3.8) is 0 Å². The molecule has 0 radical (unpaired) electrons. The molecule has 4 atom stereocenters. The first-order chi connectivity index (χ1) is 9.10. The van der Waals surface area contributed by atoms with Gasteiger partial charge in [-0.25, -0.2) is 0 Å². The lowest BCUT2D eigenvalue weighted by atomic mass is 9.90. The zero-order valence-corrected chi connectivity index (χ0v) is 11.8. The summed E-state index contributed by atoms with van der Waals surface area (Å²) >= 11 is 0. The summed E-state index contributed by atoms with van der Waals surface area (Å²) in [6.07, 6.45) is 9.00. The van der Waals surface area contributed by atoms with Crippen LogP contribution in [0.25, 0.3) is 0 Å². The van der Waals surface area contributed by atoms with Crippen molar-refractivity contribution in [2.45, 2.75) is 57.7 Å². The van der Waals surface area contributed by atoms with Crippen molar-refractivity contribution in [2.24, 2.45) is 11.8 Å². The van der Waals surface area contributed by atoms with Crippen LogP contribution in [0.3, 0.4) is 0 Å². The van der Waals surface area contributed by atoms with Gasteiger partial charge in [-0.1, -0.05) is 44.4 Å². The second-order valence-corrected chi connectivity index (χ2v) is 5.39. The van der Waals surface area contributed by atoms with Crippen LogP contribution >= 0.6 is 0 Å². The zero-order chi connectivity index (χ0) is 14.3. The lowest BCUT2D eigenvalue weighted by Crippen LogP contribution is -2.18. The van der Waals surface area contributed by atoms with Gasteiger partial charge in [-0.2, -0.15) is 0 Å². The molecule has 1 saturated carbocycles. The average Bonchev–Trinajstić information content (AvgIpc) is 2.63. The van der Waals surface area contributed by atoms with Gasteiger partial charge in [-0.05, 0) is 12.8 Å². The van der Waals surface area contributed by atoms with E-state index in [4.69, 9.17) is 0 Å². The minimum atomic E-state index is -0.614. The van der Waals surface area contributed by atoms with E-state index in [1.807, 2.05) is 6.08 Å². The van der Waals surface area contributed by atoms with Crippen LogP contribution < -0.4 is 0 Å². The van der Waals surface area contributed by atoms with Gasteiger partial charge in [0.2, 0.25) is 0 Å². The molecule has 19 heavy (non-hydrogen) atoms. The minimum absolute atomic E-state index is 0.0996. The van der Waals surface area contributed by atoms with Crippen LogP contribution in [0, 0.1) is 11.8 Å². The van der Waals surface area contributed by atoms with Crippen LogP contribution in [0.1, 0.15) is 45.4 Å². The van der Waals surface area contributed by atoms with Crippen LogP contribution in [0.5, 0.6) is 0 Å². The normalized spacial score (nSPS) is 29.0. The Kier molecular flexibility index (Phi) is 7.03. The first-order valence-electron chi connectivity index (χ1n) is 7.28. The van der Waals surface area contributed by atoms with Gasteiger partial charge in [0.25, 0.3) is 0 Å². The summed E-state index contributed by atoms with van der Waals surface area (Å²) in [5, 5.41) is 19.7. The number of ketones is 1. The summed E-state index contributed by atoms with van der Waals surface area (Å²) in [5.74, 6) is -0.250. The van der Waals surface area contributed by atoms with E-state index in [0.29, 0.717) is 6.42 Å². The van der Waals surface area contributed by atoms with E-state index in [9.17, 15) is 15.0 Å². The summed E-state index contributed by atoms with van der Waals surface area (Å²) < 4.78 is 0. The first-order valence-corrected chi connectivity index (χ1v) is 7.28. The molecule has 0 aromatic rings. The molecule has 1 aliphatic carbocycles. The van der Waals surface area contributed by atoms with E-state index >= 15 is 0 Å². The van der Waals surface area contributed by atoms with Gasteiger partial charge < -0.3 is 10.2 Å². The van der Waals surface area contributed by atoms with Gasteiger partial charge in [-0.3, -0.25) is 4.79 Å². The Morgan fingerprint density at radius 1 is 1.47 bits per heavy atom. The smallest absolute Gasteiger partial charge is 0.139 e. The minimum Gasteiger partial charge on any atom is -0.392 e. The Hall–Kier alpha value is -0.930. The molecule has 1 aliphatic rings. The predicted octanol–water partition coefficient (Wildman–Crippen LogP) is 2.63. The number of rotatable bonds is 8. The van der Waals surface area contributed by atoms with Gasteiger partial charge >= 0.3 is 0 Å². The number of carbonyl (C=O) groups is 1. The van der Waals surface area contributed by atoms with E-state index < -0.39 is 12.2 Å². The third kappa shape index (κ3) is 4.92. The summed E-state index contributed by atoms with van der Waals surface area (Å²) in [6, 6.07) is 0. The molecule has 108 valence electrons. The van der Waals surface area contributed by atoms with Gasteiger partial charge in [0.05, 0.1) is 12.2 Å². The van der Waals surface area contributed by atoms with E-state index in [1.54, 1.807) is 12.2 Å². The molecule has 2 N–H and O–H groups in total. The Morgan fingerprint density at radius 3 is 2.84 bits per heavy atom. The standard InChI is InChI=1S/C16H26O3/c1-3-5-6-8-12(17)9-10-14-13(7-4-2)15(18)11-16(14)19/h4,9-10,12-14,16-17,19H,2-3,5-8,11H2,1H3/t12-,13?,14?,16?/m1/s1. The fourth-order valence-corrected chi connectivity index (χ4v) is 2.66. The van der Waals surface area contributed by atoms with E-state index in [-0.39, 0.29) is 24.0 Å². The number of hydrogen-bond donors (Lipinski definition) is 2. The maximum Gasteiger partial charge on any atom is 0.139 e. The monoisotopic (exact) mass is 266 g/mol. The lowest BCUT2D eigenvalue weighted by molar-refractivity contribution is -0.121. The number of unbranched alkanes of at least 4 members (excludes halogenated alkanes) is 2. The van der Waals surface area contributed by atoms with Gasteiger partial charge in [-0.15, -0.1) is 6.58 Å². The van der Waals surface area contributed by atoms with Crippen molar-refractivity contribution >= 4 is 5.78 Å². The van der Waals surface area contributed by atoms with Crippen molar-refractivity contribution in [1.82, 2.24) is 0 Å². The highest BCUT2D eigenvalue weighted by atomic mass is 16.3. The van der Waals surface area contributed by atoms with Crippen molar-refractivity contribution in [2.75, 3.05) is 0 Å². The molecule has 0 saturated heterocycles. The van der Waals surface area contributed by atoms with Crippen molar-refractivity contribution in [3.8, 4) is 0 Å². The van der Waals surface area contributed by atoms with Crippen LogP contribution in [0.15, 0.2) is 24.8 Å². The van der Waals surface area contributed by atoms with Crippen molar-refractivity contribution in [1.29, 1.82) is 0 Å². The third-order valence-corrected chi connectivity index (χ3v) is 3.81. The summed E-state index contributed by atoms with van der Waals surface area (Å²) in [5.41, 5.74) is 0. The molecule has 1 fully saturated rings. The summed E-state index contributed by atoms with van der Waals surface area (Å²) in [4.78, 5) is 11.7. The van der Waals surface area contributed by atoms with Crippen LogP contribution in [0.2, 0.25) is 0 Å². The molecule has 0 aliphatic heterocycles. The van der Waals surface area contributed by atoms with Gasteiger partial charge in [0, 0.05) is 18.3 Å².